The highest BCUT2D eigenvalue weighted by Gasteiger charge is 2.41. The number of hydrogen-bond donors (Lipinski definition) is 3. The van der Waals surface area contributed by atoms with Crippen LogP contribution in [0, 0.1) is 17.8 Å². The lowest BCUT2D eigenvalue weighted by Gasteiger charge is -2.39. The van der Waals surface area contributed by atoms with E-state index in [-0.39, 0.29) is 54.6 Å². The van der Waals surface area contributed by atoms with Gasteiger partial charge in [0.05, 0.1) is 49.2 Å². The zero-order chi connectivity index (χ0) is 35.9. The van der Waals surface area contributed by atoms with Crippen molar-refractivity contribution >= 4 is 23.6 Å². The van der Waals surface area contributed by atoms with Gasteiger partial charge in [-0.15, -0.1) is 0 Å². The van der Waals surface area contributed by atoms with E-state index >= 15 is 0 Å². The van der Waals surface area contributed by atoms with Gasteiger partial charge in [0, 0.05) is 27.8 Å². The second-order valence-electron chi connectivity index (χ2n) is 11.5. The number of carbonyl (C=O) groups excluding carboxylic acids is 4. The molecule has 0 aromatic rings. The maximum absolute atomic E-state index is 13.5. The normalized spacial score (nSPS) is 17.9. The summed E-state index contributed by atoms with van der Waals surface area (Å²) >= 11 is 0. The van der Waals surface area contributed by atoms with E-state index in [9.17, 15) is 19.2 Å². The first kappa shape index (κ1) is 47.2. The van der Waals surface area contributed by atoms with Crippen LogP contribution >= 0.6 is 0 Å². The molecule has 0 bridgehead atoms. The smallest absolute Gasteiger partial charge is 0.242 e. The molecule has 0 aromatic carbocycles. The molecule has 0 saturated carbocycles. The van der Waals surface area contributed by atoms with Crippen molar-refractivity contribution in [3.05, 3.63) is 0 Å². The zero-order valence-corrected chi connectivity index (χ0v) is 31.5. The van der Waals surface area contributed by atoms with Crippen LogP contribution in [0.25, 0.3) is 0 Å². The first-order chi connectivity index (χ1) is 21.3. The quantitative estimate of drug-likeness (QED) is 0.228. The van der Waals surface area contributed by atoms with Gasteiger partial charge in [-0.2, -0.15) is 0 Å². The van der Waals surface area contributed by atoms with Crippen LogP contribution < -0.4 is 16.4 Å². The van der Waals surface area contributed by atoms with Gasteiger partial charge in [-0.25, -0.2) is 0 Å². The van der Waals surface area contributed by atoms with Gasteiger partial charge in [-0.05, 0) is 31.7 Å². The summed E-state index contributed by atoms with van der Waals surface area (Å²) in [6, 6.07) is -1.04. The van der Waals surface area contributed by atoms with Gasteiger partial charge in [0.15, 0.2) is 0 Å². The number of hydrogen-bond acceptors (Lipinski definition) is 7. The topological polar surface area (TPSA) is 143 Å². The fourth-order valence-corrected chi connectivity index (χ4v) is 5.50. The lowest BCUT2D eigenvalue weighted by Crippen LogP contribution is -2.55. The maximum Gasteiger partial charge on any atom is 0.242 e. The molecule has 268 valence electrons. The van der Waals surface area contributed by atoms with Gasteiger partial charge >= 0.3 is 0 Å². The van der Waals surface area contributed by atoms with Crippen LogP contribution in [0.15, 0.2) is 0 Å². The third kappa shape index (κ3) is 15.7. The number of nitrogens with zero attached hydrogens (tertiary/aromatic N) is 2. The highest BCUT2D eigenvalue weighted by atomic mass is 16.5. The number of carbonyl (C=O) groups is 4. The number of ether oxygens (including phenoxy) is 2. The van der Waals surface area contributed by atoms with E-state index in [0.29, 0.717) is 6.54 Å². The van der Waals surface area contributed by atoms with E-state index in [1.54, 1.807) is 37.9 Å². The van der Waals surface area contributed by atoms with Crippen LogP contribution in [0.3, 0.4) is 0 Å². The number of likely N-dealkylation sites (tertiary alicyclic amines) is 1. The SMILES string of the molecule is CC.CC.CCC.CCC(C)C(C(CC(=O)N1CCC[C@H]1C(OC)C(C)C(N)=O)OC)N(C)C(=O)CNC(=O)C(NC)C(C)C. The molecule has 0 aromatic heterocycles. The minimum atomic E-state index is -0.557. The van der Waals surface area contributed by atoms with Crippen molar-refractivity contribution in [2.24, 2.45) is 23.5 Å². The lowest BCUT2D eigenvalue weighted by molar-refractivity contribution is -0.145. The molecule has 11 nitrogen and oxygen atoms in total. The highest BCUT2D eigenvalue weighted by Crippen LogP contribution is 2.29. The van der Waals surface area contributed by atoms with Crippen LogP contribution in [-0.2, 0) is 28.7 Å². The van der Waals surface area contributed by atoms with E-state index in [1.165, 1.54) is 13.5 Å². The van der Waals surface area contributed by atoms with Gasteiger partial charge in [-0.1, -0.05) is 89.0 Å². The Kier molecular flexibility index (Phi) is 28.2. The van der Waals surface area contributed by atoms with E-state index in [4.69, 9.17) is 15.2 Å². The monoisotopic (exact) mass is 646 g/mol. The van der Waals surface area contributed by atoms with Crippen molar-refractivity contribution in [1.29, 1.82) is 0 Å². The average Bonchev–Trinajstić information content (AvgIpc) is 3.51. The van der Waals surface area contributed by atoms with E-state index in [0.717, 1.165) is 19.3 Å². The molecule has 1 fully saturated rings. The van der Waals surface area contributed by atoms with Crippen molar-refractivity contribution < 1.29 is 28.7 Å². The van der Waals surface area contributed by atoms with Crippen molar-refractivity contribution in [2.75, 3.05) is 41.4 Å². The number of methoxy groups -OCH3 is 2. The molecule has 7 atom stereocenters. The van der Waals surface area contributed by atoms with Crippen LogP contribution in [0.4, 0.5) is 0 Å². The van der Waals surface area contributed by atoms with Crippen LogP contribution in [0.5, 0.6) is 0 Å². The van der Waals surface area contributed by atoms with Crippen molar-refractivity contribution in [3.8, 4) is 0 Å². The minimum Gasteiger partial charge on any atom is -0.379 e. The predicted octanol–water partition coefficient (Wildman–Crippen LogP) is 4.22. The van der Waals surface area contributed by atoms with E-state index in [1.807, 2.05) is 55.4 Å². The second kappa shape index (κ2) is 26.9. The Labute approximate surface area is 276 Å². The summed E-state index contributed by atoms with van der Waals surface area (Å²) in [7, 11) is 6.48. The van der Waals surface area contributed by atoms with Crippen LogP contribution in [0.1, 0.15) is 108 Å². The number of primary amides is 1. The maximum atomic E-state index is 13.5. The Morgan fingerprint density at radius 1 is 0.978 bits per heavy atom. The number of nitrogens with two attached hydrogens (primary N) is 1. The molecule has 0 radical (unpaired) electrons. The molecule has 6 unspecified atom stereocenters. The van der Waals surface area contributed by atoms with Crippen molar-refractivity contribution in [2.45, 2.75) is 139 Å². The zero-order valence-electron chi connectivity index (χ0n) is 31.5. The van der Waals surface area contributed by atoms with Gasteiger partial charge in [0.25, 0.3) is 0 Å². The molecular weight excluding hydrogens is 574 g/mol. The summed E-state index contributed by atoms with van der Waals surface area (Å²) < 4.78 is 11.4. The number of amides is 4. The van der Waals surface area contributed by atoms with Crippen LogP contribution in [0.2, 0.25) is 0 Å². The fourth-order valence-electron chi connectivity index (χ4n) is 5.50. The average molecular weight is 646 g/mol. The fraction of sp³-hybridized carbons (Fsp3) is 0.882. The lowest BCUT2D eigenvalue weighted by atomic mass is 9.90. The first-order valence-corrected chi connectivity index (χ1v) is 17.1. The summed E-state index contributed by atoms with van der Waals surface area (Å²) in [4.78, 5) is 54.4. The van der Waals surface area contributed by atoms with Gasteiger partial charge in [-0.3, -0.25) is 19.2 Å². The Hall–Kier alpha value is -2.24. The molecule has 11 heteroatoms. The largest absolute Gasteiger partial charge is 0.379 e. The molecule has 1 saturated heterocycles. The molecule has 1 heterocycles. The molecule has 45 heavy (non-hydrogen) atoms. The summed E-state index contributed by atoms with van der Waals surface area (Å²) in [5.74, 6) is -1.51. The number of rotatable bonds is 16. The molecule has 1 rings (SSSR count). The third-order valence-corrected chi connectivity index (χ3v) is 8.01. The van der Waals surface area contributed by atoms with Gasteiger partial charge < -0.3 is 35.6 Å². The standard InChI is InChI=1S/C27H51N5O6.C3H8.2C2H6/c1-10-17(4)24(31(7)22(34)15-30-27(36)23(29-6)16(2)3)20(37-8)14-21(33)32-13-11-12-19(32)25(38-9)18(5)26(28)35;1-3-2;2*1-2/h16-20,23-25,29H,10-15H2,1-9H3,(H2,28,35)(H,30,36);3H2,1-2H3;2*1-2H3/t17?,18?,19-,20?,23?,24?,25?;;;/m0.../s1. The molecular formula is C34H71N5O6. The predicted molar refractivity (Wildman–Crippen MR) is 185 cm³/mol. The Morgan fingerprint density at radius 2 is 1.51 bits per heavy atom. The molecule has 4 amide bonds. The van der Waals surface area contributed by atoms with E-state index < -0.39 is 30.1 Å². The second-order valence-corrected chi connectivity index (χ2v) is 11.5. The minimum absolute atomic E-state index is 0.0362. The Morgan fingerprint density at radius 3 is 1.91 bits per heavy atom. The third-order valence-electron chi connectivity index (χ3n) is 8.01. The molecule has 1 aliphatic heterocycles. The molecule has 4 N–H and O–H groups in total. The van der Waals surface area contributed by atoms with Gasteiger partial charge in [0.1, 0.15) is 0 Å². The first-order valence-electron chi connectivity index (χ1n) is 17.1. The van der Waals surface area contributed by atoms with Gasteiger partial charge in [0.2, 0.25) is 23.6 Å². The summed E-state index contributed by atoms with van der Waals surface area (Å²) in [6.45, 7) is 22.3. The molecule has 0 spiro atoms. The van der Waals surface area contributed by atoms with Crippen molar-refractivity contribution in [1.82, 2.24) is 20.4 Å². The number of likely N-dealkylation sites (N-methyl/N-ethyl adjacent to an activating group) is 2. The summed E-state index contributed by atoms with van der Waals surface area (Å²) in [6.07, 6.45) is 2.56. The van der Waals surface area contributed by atoms with E-state index in [2.05, 4.69) is 24.5 Å². The summed E-state index contributed by atoms with van der Waals surface area (Å²) in [5, 5.41) is 5.71. The Balaban J connectivity index is -0.00000232. The number of nitrogens with one attached hydrogen (secondary N) is 2. The highest BCUT2D eigenvalue weighted by molar-refractivity contribution is 5.87. The summed E-state index contributed by atoms with van der Waals surface area (Å²) in [5.41, 5.74) is 5.53. The molecule has 0 aliphatic carbocycles. The molecule has 1 aliphatic rings. The Bertz CT molecular complexity index is 812. The van der Waals surface area contributed by atoms with Crippen LogP contribution in [-0.4, -0.2) is 105 Å². The van der Waals surface area contributed by atoms with Crippen molar-refractivity contribution in [3.63, 3.8) is 0 Å².